The highest BCUT2D eigenvalue weighted by molar-refractivity contribution is 5.99. The highest BCUT2D eigenvalue weighted by atomic mass is 16.5. The fourth-order valence-corrected chi connectivity index (χ4v) is 2.38. The van der Waals surface area contributed by atoms with Crippen LogP contribution in [0.5, 0.6) is 0 Å². The first-order valence-electron chi connectivity index (χ1n) is 6.77. The van der Waals surface area contributed by atoms with Crippen LogP contribution in [0.25, 0.3) is 21.7 Å². The van der Waals surface area contributed by atoms with Crippen LogP contribution in [0.15, 0.2) is 45.6 Å². The maximum atomic E-state index is 11.9. The molecule has 0 bridgehead atoms. The average molecular weight is 297 g/mol. The van der Waals surface area contributed by atoms with E-state index in [1.54, 1.807) is 6.07 Å². The van der Waals surface area contributed by atoms with Crippen LogP contribution in [0, 0.1) is 0 Å². The van der Waals surface area contributed by atoms with Crippen LogP contribution in [0.3, 0.4) is 0 Å². The van der Waals surface area contributed by atoms with Crippen molar-refractivity contribution in [3.63, 3.8) is 0 Å². The van der Waals surface area contributed by atoms with Gasteiger partial charge < -0.3 is 14.1 Å². The molecule has 0 N–H and O–H groups in total. The number of anilines is 1. The Labute approximate surface area is 126 Å². The van der Waals surface area contributed by atoms with E-state index >= 15 is 0 Å². The van der Waals surface area contributed by atoms with Crippen LogP contribution in [0.4, 0.5) is 5.69 Å². The number of methoxy groups -OCH3 is 1. The summed E-state index contributed by atoms with van der Waals surface area (Å²) in [7, 11) is 5.16. The zero-order valence-electron chi connectivity index (χ0n) is 12.5. The Morgan fingerprint density at radius 1 is 1.05 bits per heavy atom. The van der Waals surface area contributed by atoms with E-state index in [4.69, 9.17) is 4.42 Å². The van der Waals surface area contributed by atoms with Crippen molar-refractivity contribution >= 4 is 33.4 Å². The van der Waals surface area contributed by atoms with Crippen LogP contribution in [-0.2, 0) is 4.74 Å². The third-order valence-corrected chi connectivity index (χ3v) is 3.60. The minimum absolute atomic E-state index is 0.0979. The molecule has 112 valence electrons. The third kappa shape index (κ3) is 2.30. The lowest BCUT2D eigenvalue weighted by atomic mass is 10.1. The molecule has 3 rings (SSSR count). The molecular weight excluding hydrogens is 282 g/mol. The van der Waals surface area contributed by atoms with Gasteiger partial charge in [0.05, 0.1) is 7.11 Å². The zero-order valence-corrected chi connectivity index (χ0v) is 12.5. The molecule has 0 spiro atoms. The molecule has 0 atom stereocenters. The first-order chi connectivity index (χ1) is 10.5. The minimum Gasteiger partial charge on any atom is -0.465 e. The lowest BCUT2D eigenvalue weighted by Crippen LogP contribution is -2.14. The van der Waals surface area contributed by atoms with Crippen molar-refractivity contribution in [3.8, 4) is 0 Å². The maximum Gasteiger partial charge on any atom is 0.351 e. The van der Waals surface area contributed by atoms with E-state index in [0.717, 1.165) is 16.5 Å². The van der Waals surface area contributed by atoms with Crippen molar-refractivity contribution in [2.45, 2.75) is 0 Å². The predicted molar refractivity (Wildman–Crippen MR) is 85.7 cm³/mol. The molecule has 3 aromatic rings. The van der Waals surface area contributed by atoms with Gasteiger partial charge in [-0.15, -0.1) is 0 Å². The molecule has 22 heavy (non-hydrogen) atoms. The Morgan fingerprint density at radius 3 is 2.50 bits per heavy atom. The summed E-state index contributed by atoms with van der Waals surface area (Å²) in [5.41, 5.74) is 0.711. The van der Waals surface area contributed by atoms with E-state index in [0.29, 0.717) is 11.0 Å². The molecule has 0 aliphatic heterocycles. The second kappa shape index (κ2) is 5.18. The molecule has 5 nitrogen and oxygen atoms in total. The van der Waals surface area contributed by atoms with Crippen molar-refractivity contribution in [1.82, 2.24) is 0 Å². The molecule has 0 fully saturated rings. The number of carbonyl (C=O) groups excluding carboxylic acids is 1. The standard InChI is InChI=1S/C17H15NO4/c1-18(2)13-5-4-10-6-12-8-14(16(19)21-3)17(20)22-15(12)9-11(10)7-13/h4-9H,1-3H3. The normalized spacial score (nSPS) is 10.9. The number of hydrogen-bond donors (Lipinski definition) is 0. The van der Waals surface area contributed by atoms with Gasteiger partial charge in [-0.1, -0.05) is 6.07 Å². The molecule has 0 radical (unpaired) electrons. The number of hydrogen-bond acceptors (Lipinski definition) is 5. The van der Waals surface area contributed by atoms with Gasteiger partial charge in [0.2, 0.25) is 0 Å². The van der Waals surface area contributed by atoms with Crippen LogP contribution < -0.4 is 10.5 Å². The molecule has 5 heteroatoms. The van der Waals surface area contributed by atoms with Crippen molar-refractivity contribution < 1.29 is 13.9 Å². The predicted octanol–water partition coefficient (Wildman–Crippen LogP) is 2.80. The lowest BCUT2D eigenvalue weighted by Gasteiger charge is -2.13. The first kappa shape index (κ1) is 14.1. The van der Waals surface area contributed by atoms with Gasteiger partial charge in [-0.05, 0) is 41.1 Å². The average Bonchev–Trinajstić information content (AvgIpc) is 2.51. The highest BCUT2D eigenvalue weighted by Crippen LogP contribution is 2.26. The minimum atomic E-state index is -0.696. The molecule has 0 amide bonds. The van der Waals surface area contributed by atoms with Crippen LogP contribution >= 0.6 is 0 Å². The number of esters is 1. The summed E-state index contributed by atoms with van der Waals surface area (Å²) in [4.78, 5) is 25.4. The zero-order chi connectivity index (χ0) is 15.9. The van der Waals surface area contributed by atoms with E-state index in [-0.39, 0.29) is 5.56 Å². The fraction of sp³-hybridized carbons (Fsp3) is 0.176. The summed E-state index contributed by atoms with van der Waals surface area (Å²) in [6.45, 7) is 0. The van der Waals surface area contributed by atoms with E-state index in [2.05, 4.69) is 4.74 Å². The number of nitrogens with zero attached hydrogens (tertiary/aromatic N) is 1. The number of rotatable bonds is 2. The Bertz CT molecular complexity index is 940. The molecule has 0 aliphatic carbocycles. The molecule has 0 saturated heterocycles. The molecule has 1 heterocycles. The largest absolute Gasteiger partial charge is 0.465 e. The van der Waals surface area contributed by atoms with E-state index in [1.807, 2.05) is 43.3 Å². The summed E-state index contributed by atoms with van der Waals surface area (Å²) < 4.78 is 9.85. The third-order valence-electron chi connectivity index (χ3n) is 3.60. The quantitative estimate of drug-likeness (QED) is 0.413. The molecule has 0 saturated carbocycles. The summed E-state index contributed by atoms with van der Waals surface area (Å²) in [6.07, 6.45) is 0. The molecular formula is C17H15NO4. The Balaban J connectivity index is 2.27. The summed E-state index contributed by atoms with van der Waals surface area (Å²) in [5, 5.41) is 2.65. The Hall–Kier alpha value is -2.82. The molecule has 0 aliphatic rings. The maximum absolute atomic E-state index is 11.9. The second-order valence-electron chi connectivity index (χ2n) is 5.26. The van der Waals surface area contributed by atoms with Crippen molar-refractivity contribution in [2.24, 2.45) is 0 Å². The smallest absolute Gasteiger partial charge is 0.351 e. The van der Waals surface area contributed by atoms with E-state index in [9.17, 15) is 9.59 Å². The van der Waals surface area contributed by atoms with Gasteiger partial charge in [0.25, 0.3) is 0 Å². The van der Waals surface area contributed by atoms with E-state index in [1.165, 1.54) is 13.2 Å². The highest BCUT2D eigenvalue weighted by Gasteiger charge is 2.14. The molecule has 2 aromatic carbocycles. The number of fused-ring (bicyclic) bond motifs is 2. The SMILES string of the molecule is COC(=O)c1cc2cc3ccc(N(C)C)cc3cc2oc1=O. The first-order valence-corrected chi connectivity index (χ1v) is 6.77. The van der Waals surface area contributed by atoms with Gasteiger partial charge in [0.1, 0.15) is 11.1 Å². The van der Waals surface area contributed by atoms with Gasteiger partial charge in [0.15, 0.2) is 0 Å². The van der Waals surface area contributed by atoms with Gasteiger partial charge in [-0.3, -0.25) is 0 Å². The lowest BCUT2D eigenvalue weighted by molar-refractivity contribution is 0.0596. The topological polar surface area (TPSA) is 59.8 Å². The number of ether oxygens (including phenoxy) is 1. The van der Waals surface area contributed by atoms with Crippen molar-refractivity contribution in [1.29, 1.82) is 0 Å². The van der Waals surface area contributed by atoms with Gasteiger partial charge in [-0.2, -0.15) is 0 Å². The van der Waals surface area contributed by atoms with Gasteiger partial charge in [-0.25, -0.2) is 9.59 Å². The molecule has 1 aromatic heterocycles. The fourth-order valence-electron chi connectivity index (χ4n) is 2.38. The van der Waals surface area contributed by atoms with Crippen LogP contribution in [0.1, 0.15) is 10.4 Å². The van der Waals surface area contributed by atoms with Gasteiger partial charge in [0, 0.05) is 25.2 Å². The monoisotopic (exact) mass is 297 g/mol. The molecule has 0 unspecified atom stereocenters. The Morgan fingerprint density at radius 2 is 1.82 bits per heavy atom. The number of carbonyl (C=O) groups is 1. The van der Waals surface area contributed by atoms with E-state index < -0.39 is 11.6 Å². The van der Waals surface area contributed by atoms with Crippen LogP contribution in [0.2, 0.25) is 0 Å². The summed E-state index contributed by atoms with van der Waals surface area (Å²) in [6, 6.07) is 11.2. The van der Waals surface area contributed by atoms with Crippen molar-refractivity contribution in [2.75, 3.05) is 26.1 Å². The summed E-state index contributed by atoms with van der Waals surface area (Å²) >= 11 is 0. The van der Waals surface area contributed by atoms with Crippen molar-refractivity contribution in [3.05, 3.63) is 52.4 Å². The van der Waals surface area contributed by atoms with Gasteiger partial charge >= 0.3 is 11.6 Å². The Kier molecular flexibility index (Phi) is 3.33. The summed E-state index contributed by atoms with van der Waals surface area (Å²) in [5.74, 6) is -0.696. The van der Waals surface area contributed by atoms with Crippen LogP contribution in [-0.4, -0.2) is 27.2 Å². The second-order valence-corrected chi connectivity index (χ2v) is 5.26. The number of benzene rings is 2.